The average molecular weight is 358 g/mol. The quantitative estimate of drug-likeness (QED) is 0.383. The van der Waals surface area contributed by atoms with Gasteiger partial charge in [-0.15, -0.1) is 0 Å². The molecule has 0 heterocycles. The summed E-state index contributed by atoms with van der Waals surface area (Å²) in [5.74, 6) is -0.205. The molecule has 0 saturated carbocycles. The Hall–Kier alpha value is -2.33. The highest BCUT2D eigenvalue weighted by Gasteiger charge is 2.06. The Morgan fingerprint density at radius 2 is 1.76 bits per heavy atom. The number of carbonyl (C=O) groups excluding carboxylic acids is 1. The number of para-hydroxylation sites is 1. The third-order valence-corrected chi connectivity index (χ3v) is 4.08. The Balaban J connectivity index is 1.94. The van der Waals surface area contributed by atoms with Gasteiger partial charge in [0, 0.05) is 0 Å². The molecule has 4 nitrogen and oxygen atoms in total. The Bertz CT molecular complexity index is 701. The van der Waals surface area contributed by atoms with Gasteiger partial charge in [-0.3, -0.25) is 4.79 Å². The fourth-order valence-electron chi connectivity index (χ4n) is 2.39. The number of rotatable bonds is 9. The lowest BCUT2D eigenvalue weighted by molar-refractivity contribution is -0.119. The minimum Gasteiger partial charge on any atom is -0.375 e. The molecule has 2 aromatic carbocycles. The number of nitrogens with zero attached hydrogens (tertiary/aromatic N) is 1. The molecule has 1 amide bonds. The minimum absolute atomic E-state index is 0.115. The van der Waals surface area contributed by atoms with E-state index in [1.165, 1.54) is 0 Å². The van der Waals surface area contributed by atoms with Crippen molar-refractivity contribution in [3.63, 3.8) is 0 Å². The van der Waals surface area contributed by atoms with Crippen molar-refractivity contribution < 1.29 is 4.79 Å². The van der Waals surface area contributed by atoms with Crippen LogP contribution in [0.4, 0.5) is 5.69 Å². The molecule has 25 heavy (non-hydrogen) atoms. The Morgan fingerprint density at radius 3 is 2.48 bits per heavy atom. The predicted octanol–water partition coefficient (Wildman–Crippen LogP) is 4.85. The molecule has 0 bridgehead atoms. The molecule has 0 radical (unpaired) electrons. The number of benzene rings is 2. The number of halogens is 1. The molecule has 132 valence electrons. The van der Waals surface area contributed by atoms with Crippen LogP contribution in [0.2, 0.25) is 5.02 Å². The number of amides is 1. The summed E-state index contributed by atoms with van der Waals surface area (Å²) < 4.78 is 0. The van der Waals surface area contributed by atoms with Crippen molar-refractivity contribution in [1.29, 1.82) is 0 Å². The van der Waals surface area contributed by atoms with Crippen LogP contribution < -0.4 is 10.7 Å². The summed E-state index contributed by atoms with van der Waals surface area (Å²) in [5.41, 5.74) is 5.32. The summed E-state index contributed by atoms with van der Waals surface area (Å²) in [6.07, 6.45) is 4.19. The van der Waals surface area contributed by atoms with Gasteiger partial charge >= 0.3 is 0 Å². The first kappa shape index (κ1) is 19.0. The van der Waals surface area contributed by atoms with E-state index in [1.807, 2.05) is 48.5 Å². The maximum absolute atomic E-state index is 12.1. The maximum atomic E-state index is 12.1. The highest BCUT2D eigenvalue weighted by atomic mass is 35.5. The van der Waals surface area contributed by atoms with Gasteiger partial charge in [-0.2, -0.15) is 5.10 Å². The topological polar surface area (TPSA) is 53.5 Å². The molecule has 5 heteroatoms. The van der Waals surface area contributed by atoms with E-state index in [2.05, 4.69) is 22.8 Å². The van der Waals surface area contributed by atoms with E-state index in [0.717, 1.165) is 42.6 Å². The lowest BCUT2D eigenvalue weighted by Crippen LogP contribution is -2.27. The van der Waals surface area contributed by atoms with E-state index < -0.39 is 0 Å². The normalized spacial score (nSPS) is 11.2. The molecule has 0 aromatic heterocycles. The monoisotopic (exact) mass is 357 g/mol. The number of hydrogen-bond donors (Lipinski definition) is 2. The van der Waals surface area contributed by atoms with E-state index >= 15 is 0 Å². The summed E-state index contributed by atoms with van der Waals surface area (Å²) in [4.78, 5) is 12.1. The second-order valence-electron chi connectivity index (χ2n) is 5.75. The molecule has 0 fully saturated rings. The Morgan fingerprint density at radius 1 is 1.04 bits per heavy atom. The molecule has 0 spiro atoms. The summed E-state index contributed by atoms with van der Waals surface area (Å²) in [6, 6.07) is 17.3. The molecule has 0 saturated heterocycles. The molecular formula is C20H24ClN3O. The Kier molecular flexibility index (Phi) is 7.99. The van der Waals surface area contributed by atoms with Crippen LogP contribution in [0, 0.1) is 0 Å². The van der Waals surface area contributed by atoms with Crippen molar-refractivity contribution >= 4 is 28.9 Å². The van der Waals surface area contributed by atoms with Gasteiger partial charge in [0.1, 0.15) is 0 Å². The van der Waals surface area contributed by atoms with Crippen molar-refractivity contribution in [2.24, 2.45) is 5.10 Å². The predicted molar refractivity (Wildman–Crippen MR) is 105 cm³/mol. The summed E-state index contributed by atoms with van der Waals surface area (Å²) >= 11 is 6.06. The third-order valence-electron chi connectivity index (χ3n) is 3.75. The van der Waals surface area contributed by atoms with Gasteiger partial charge in [-0.05, 0) is 30.5 Å². The number of unbranched alkanes of at least 4 members (excludes halogenated alkanes) is 2. The second kappa shape index (κ2) is 10.5. The van der Waals surface area contributed by atoms with Gasteiger partial charge in [0.2, 0.25) is 0 Å². The van der Waals surface area contributed by atoms with Gasteiger partial charge in [0.05, 0.1) is 23.0 Å². The van der Waals surface area contributed by atoms with Gasteiger partial charge in [-0.1, -0.05) is 73.8 Å². The van der Waals surface area contributed by atoms with Crippen molar-refractivity contribution in [3.8, 4) is 0 Å². The van der Waals surface area contributed by atoms with Crippen LogP contribution in [0.25, 0.3) is 0 Å². The van der Waals surface area contributed by atoms with Gasteiger partial charge < -0.3 is 5.32 Å². The second-order valence-corrected chi connectivity index (χ2v) is 6.16. The van der Waals surface area contributed by atoms with E-state index in [9.17, 15) is 4.79 Å². The maximum Gasteiger partial charge on any atom is 0.259 e. The molecule has 0 unspecified atom stereocenters. The van der Waals surface area contributed by atoms with E-state index in [0.29, 0.717) is 5.02 Å². The average Bonchev–Trinajstić information content (AvgIpc) is 2.64. The van der Waals surface area contributed by atoms with Crippen LogP contribution in [0.3, 0.4) is 0 Å². The highest BCUT2D eigenvalue weighted by Crippen LogP contribution is 2.19. The number of anilines is 1. The van der Waals surface area contributed by atoms with E-state index in [-0.39, 0.29) is 12.5 Å². The Labute approximate surface area is 154 Å². The smallest absolute Gasteiger partial charge is 0.259 e. The van der Waals surface area contributed by atoms with Crippen LogP contribution in [-0.2, 0) is 4.79 Å². The zero-order chi connectivity index (χ0) is 17.9. The summed E-state index contributed by atoms with van der Waals surface area (Å²) in [5, 5.41) is 7.95. The zero-order valence-electron chi connectivity index (χ0n) is 14.5. The van der Waals surface area contributed by atoms with Gasteiger partial charge in [0.15, 0.2) is 0 Å². The van der Waals surface area contributed by atoms with Crippen molar-refractivity contribution in [3.05, 3.63) is 65.2 Å². The van der Waals surface area contributed by atoms with Crippen LogP contribution in [0.5, 0.6) is 0 Å². The van der Waals surface area contributed by atoms with Gasteiger partial charge in [0.25, 0.3) is 5.91 Å². The molecule has 0 atom stereocenters. The molecule has 0 aliphatic carbocycles. The van der Waals surface area contributed by atoms with Crippen LogP contribution in [0.1, 0.15) is 38.2 Å². The lowest BCUT2D eigenvalue weighted by atomic mass is 10.0. The fourth-order valence-corrected chi connectivity index (χ4v) is 2.59. The van der Waals surface area contributed by atoms with Gasteiger partial charge in [-0.25, -0.2) is 5.43 Å². The minimum atomic E-state index is -0.205. The molecule has 0 aliphatic rings. The van der Waals surface area contributed by atoms with Crippen LogP contribution in [-0.4, -0.2) is 18.2 Å². The number of hydrazone groups is 1. The largest absolute Gasteiger partial charge is 0.375 e. The first-order valence-corrected chi connectivity index (χ1v) is 8.97. The van der Waals surface area contributed by atoms with Crippen molar-refractivity contribution in [1.82, 2.24) is 5.43 Å². The standard InChI is InChI=1S/C20H24ClN3O/c1-2-3-5-13-18(16-10-6-4-7-11-16)23-24-20(25)15-22-19-14-9-8-12-17(19)21/h4,6-12,14,22H,2-3,5,13,15H2,1H3,(H,24,25)/b23-18+. The summed E-state index contributed by atoms with van der Waals surface area (Å²) in [6.45, 7) is 2.28. The van der Waals surface area contributed by atoms with E-state index in [4.69, 9.17) is 11.6 Å². The van der Waals surface area contributed by atoms with Crippen LogP contribution in [0.15, 0.2) is 59.7 Å². The number of nitrogens with one attached hydrogen (secondary N) is 2. The highest BCUT2D eigenvalue weighted by molar-refractivity contribution is 6.33. The summed E-state index contributed by atoms with van der Waals surface area (Å²) in [7, 11) is 0. The molecule has 0 aliphatic heterocycles. The molecular weight excluding hydrogens is 334 g/mol. The lowest BCUT2D eigenvalue weighted by Gasteiger charge is -2.09. The molecule has 2 N–H and O–H groups in total. The van der Waals surface area contributed by atoms with E-state index in [1.54, 1.807) is 6.07 Å². The third kappa shape index (κ3) is 6.59. The first-order valence-electron chi connectivity index (χ1n) is 8.60. The molecule has 2 rings (SSSR count). The number of carbonyl (C=O) groups is 1. The van der Waals surface area contributed by atoms with Crippen molar-refractivity contribution in [2.75, 3.05) is 11.9 Å². The van der Waals surface area contributed by atoms with Crippen molar-refractivity contribution in [2.45, 2.75) is 32.6 Å². The molecule has 2 aromatic rings. The fraction of sp³-hybridized carbons (Fsp3) is 0.300. The van der Waals surface area contributed by atoms with Crippen LogP contribution >= 0.6 is 11.6 Å². The number of hydrogen-bond acceptors (Lipinski definition) is 3. The zero-order valence-corrected chi connectivity index (χ0v) is 15.2. The SMILES string of the molecule is CCCCC/C(=N\NC(=O)CNc1ccccc1Cl)c1ccccc1. The first-order chi connectivity index (χ1) is 12.2.